The molecule has 2 aromatic heterocycles. The molecule has 4 fully saturated rings. The van der Waals surface area contributed by atoms with Crippen LogP contribution >= 0.6 is 15.9 Å². The third kappa shape index (κ3) is 6.02. The number of anilines is 1. The molecule has 4 aliphatic rings. The number of hydrogen-bond acceptors (Lipinski definition) is 7. The van der Waals surface area contributed by atoms with Crippen LogP contribution in [0.2, 0.25) is 0 Å². The van der Waals surface area contributed by atoms with Gasteiger partial charge in [-0.15, -0.1) is 0 Å². The van der Waals surface area contributed by atoms with Crippen molar-refractivity contribution in [3.05, 3.63) is 81.1 Å². The maximum Gasteiger partial charge on any atom is 0.283 e. The smallest absolute Gasteiger partial charge is 0.283 e. The van der Waals surface area contributed by atoms with Crippen molar-refractivity contribution in [1.29, 1.82) is 0 Å². The normalized spacial score (nSPS) is 21.7. The van der Waals surface area contributed by atoms with Crippen LogP contribution in [0.1, 0.15) is 81.7 Å². The quantitative estimate of drug-likeness (QED) is 0.193. The lowest BCUT2D eigenvalue weighted by atomic mass is 9.88. The number of carbonyl (C=O) groups excluding carboxylic acids is 2. The summed E-state index contributed by atoms with van der Waals surface area (Å²) >= 11 is 3.61. The number of aromatic nitrogens is 3. The van der Waals surface area contributed by atoms with E-state index in [2.05, 4.69) is 70.3 Å². The minimum atomic E-state index is -0.609. The fourth-order valence-corrected chi connectivity index (χ4v) is 9.72. The van der Waals surface area contributed by atoms with E-state index < -0.39 is 6.10 Å². The summed E-state index contributed by atoms with van der Waals surface area (Å²) in [6.45, 7) is 4.27. The summed E-state index contributed by atoms with van der Waals surface area (Å²) in [5, 5.41) is 2.99. The monoisotopic (exact) mass is 750 g/mol. The molecule has 11 heteroatoms. The number of rotatable bonds is 6. The second-order valence-electron chi connectivity index (χ2n) is 14.8. The average molecular weight is 752 g/mol. The predicted octanol–water partition coefficient (Wildman–Crippen LogP) is 6.71. The molecule has 1 saturated carbocycles. The number of fused-ring (bicyclic) bond motifs is 5. The van der Waals surface area contributed by atoms with E-state index in [0.29, 0.717) is 42.0 Å². The number of ether oxygens (including phenoxy) is 1. The zero-order chi connectivity index (χ0) is 34.6. The van der Waals surface area contributed by atoms with Crippen molar-refractivity contribution in [3.8, 4) is 5.75 Å². The van der Waals surface area contributed by atoms with E-state index in [1.807, 2.05) is 30.3 Å². The molecule has 3 saturated heterocycles. The standard InChI is InChI=1S/C40H43BrN6O4/c41-31-6-3-7-33-37(31)39(50)43-40-46(28-4-1-2-5-28)34-24-29(10-13-32(34)47(33)40)45-22-18-27(19-23-45)44-20-16-26(17-21-44)25-8-11-30(12-9-25)51-35-14-15-36(48)42-38(35)49/h3,6-13,24,26-28,35H,1-2,4-5,14-23H2,(H,42,48,49). The summed E-state index contributed by atoms with van der Waals surface area (Å²) in [6, 6.07) is 21.9. The van der Waals surface area contributed by atoms with Crippen LogP contribution in [0.3, 0.4) is 0 Å². The van der Waals surface area contributed by atoms with E-state index in [-0.39, 0.29) is 17.4 Å². The van der Waals surface area contributed by atoms with E-state index in [4.69, 9.17) is 9.72 Å². The Morgan fingerprint density at radius 2 is 1.53 bits per heavy atom. The van der Waals surface area contributed by atoms with E-state index in [1.54, 1.807) is 0 Å². The van der Waals surface area contributed by atoms with Crippen LogP contribution in [0.4, 0.5) is 5.69 Å². The van der Waals surface area contributed by atoms with Gasteiger partial charge in [0.25, 0.3) is 11.5 Å². The third-order valence-corrected chi connectivity index (χ3v) is 12.6. The highest BCUT2D eigenvalue weighted by Gasteiger charge is 2.31. The van der Waals surface area contributed by atoms with Crippen LogP contribution in [-0.2, 0) is 9.59 Å². The molecule has 0 radical (unpaired) electrons. The number of likely N-dealkylation sites (tertiary alicyclic amines) is 1. The Bertz CT molecular complexity index is 2190. The number of piperidine rings is 3. The summed E-state index contributed by atoms with van der Waals surface area (Å²) in [5.41, 5.74) is 5.56. The topological polar surface area (TPSA) is 101 Å². The number of halogens is 1. The molecule has 1 atom stereocenters. The first-order valence-electron chi connectivity index (χ1n) is 18.7. The molecular formula is C40H43BrN6O4. The van der Waals surface area contributed by atoms with E-state index in [0.717, 1.165) is 86.0 Å². The number of hydrogen-bond donors (Lipinski definition) is 1. The van der Waals surface area contributed by atoms with Crippen LogP contribution in [-0.4, -0.2) is 69.0 Å². The molecule has 1 unspecified atom stereocenters. The molecule has 5 aromatic rings. The van der Waals surface area contributed by atoms with Gasteiger partial charge in [-0.3, -0.25) is 24.1 Å². The Morgan fingerprint density at radius 1 is 0.765 bits per heavy atom. The van der Waals surface area contributed by atoms with Gasteiger partial charge < -0.3 is 19.1 Å². The Balaban J connectivity index is 0.870. The van der Waals surface area contributed by atoms with Gasteiger partial charge in [0.15, 0.2) is 6.10 Å². The molecule has 5 heterocycles. The van der Waals surface area contributed by atoms with E-state index >= 15 is 0 Å². The lowest BCUT2D eigenvalue weighted by Crippen LogP contribution is -2.47. The molecule has 0 spiro atoms. The van der Waals surface area contributed by atoms with Crippen LogP contribution in [0.15, 0.2) is 69.9 Å². The van der Waals surface area contributed by atoms with Gasteiger partial charge in [0.1, 0.15) is 5.75 Å². The Labute approximate surface area is 304 Å². The molecule has 9 rings (SSSR count). The molecule has 2 amide bonds. The molecule has 264 valence electrons. The van der Waals surface area contributed by atoms with Gasteiger partial charge in [-0.1, -0.05) is 31.0 Å². The Kier molecular flexibility index (Phi) is 8.58. The van der Waals surface area contributed by atoms with Crippen molar-refractivity contribution in [2.45, 2.75) is 88.3 Å². The van der Waals surface area contributed by atoms with Gasteiger partial charge in [-0.2, -0.15) is 4.98 Å². The van der Waals surface area contributed by atoms with Crippen molar-refractivity contribution >= 4 is 61.1 Å². The van der Waals surface area contributed by atoms with Crippen LogP contribution in [0.5, 0.6) is 5.75 Å². The lowest BCUT2D eigenvalue weighted by Gasteiger charge is -2.42. The van der Waals surface area contributed by atoms with Gasteiger partial charge in [-0.25, -0.2) is 0 Å². The SMILES string of the molecule is O=C1CCC(Oc2ccc(C3CCN(C4CCN(c5ccc6c(c5)n(C5CCCC5)c5nc(=O)c7c(Br)cccc7n65)CC4)CC3)cc2)C(=O)N1. The molecule has 0 bridgehead atoms. The zero-order valence-electron chi connectivity index (χ0n) is 28.7. The first-order valence-corrected chi connectivity index (χ1v) is 19.4. The summed E-state index contributed by atoms with van der Waals surface area (Å²) < 4.78 is 11.2. The minimum absolute atomic E-state index is 0.180. The zero-order valence-corrected chi connectivity index (χ0v) is 30.3. The maximum absolute atomic E-state index is 13.3. The van der Waals surface area contributed by atoms with E-state index in [9.17, 15) is 14.4 Å². The van der Waals surface area contributed by atoms with Crippen molar-refractivity contribution in [3.63, 3.8) is 0 Å². The first kappa shape index (κ1) is 32.7. The largest absolute Gasteiger partial charge is 0.481 e. The molecule has 3 aromatic carbocycles. The van der Waals surface area contributed by atoms with Crippen LogP contribution in [0, 0.1) is 0 Å². The van der Waals surface area contributed by atoms with Crippen LogP contribution in [0.25, 0.3) is 27.7 Å². The fraction of sp³-hybridized carbons (Fsp3) is 0.450. The lowest BCUT2D eigenvalue weighted by molar-refractivity contribution is -0.138. The third-order valence-electron chi connectivity index (χ3n) is 11.9. The molecule has 1 N–H and O–H groups in total. The van der Waals surface area contributed by atoms with Crippen molar-refractivity contribution in [2.75, 3.05) is 31.1 Å². The van der Waals surface area contributed by atoms with Crippen molar-refractivity contribution in [2.24, 2.45) is 0 Å². The number of nitrogens with one attached hydrogen (secondary N) is 1. The molecule has 1 aliphatic carbocycles. The van der Waals surface area contributed by atoms with Gasteiger partial charge in [0.2, 0.25) is 11.7 Å². The highest BCUT2D eigenvalue weighted by atomic mass is 79.9. The Morgan fingerprint density at radius 3 is 2.27 bits per heavy atom. The number of benzene rings is 3. The summed E-state index contributed by atoms with van der Waals surface area (Å²) in [5.74, 6) is 1.36. The molecule has 3 aliphatic heterocycles. The molecule has 10 nitrogen and oxygen atoms in total. The highest BCUT2D eigenvalue weighted by Crippen LogP contribution is 2.38. The highest BCUT2D eigenvalue weighted by molar-refractivity contribution is 9.10. The summed E-state index contributed by atoms with van der Waals surface area (Å²) in [4.78, 5) is 46.8. The van der Waals surface area contributed by atoms with Gasteiger partial charge >= 0.3 is 0 Å². The van der Waals surface area contributed by atoms with Crippen molar-refractivity contribution < 1.29 is 14.3 Å². The van der Waals surface area contributed by atoms with Gasteiger partial charge in [0.05, 0.1) is 21.9 Å². The summed E-state index contributed by atoms with van der Waals surface area (Å²) in [6.07, 6.45) is 9.33. The van der Waals surface area contributed by atoms with Gasteiger partial charge in [-0.05, 0) is 121 Å². The summed E-state index contributed by atoms with van der Waals surface area (Å²) in [7, 11) is 0. The van der Waals surface area contributed by atoms with E-state index in [1.165, 1.54) is 29.6 Å². The number of imide groups is 1. The fourth-order valence-electron chi connectivity index (χ4n) is 9.19. The molecule has 51 heavy (non-hydrogen) atoms. The molecular weight excluding hydrogens is 708 g/mol. The van der Waals surface area contributed by atoms with Crippen LogP contribution < -0.4 is 20.5 Å². The maximum atomic E-state index is 13.3. The number of imidazole rings is 1. The second-order valence-corrected chi connectivity index (χ2v) is 15.7. The first-order chi connectivity index (χ1) is 24.9. The second kappa shape index (κ2) is 13.4. The van der Waals surface area contributed by atoms with Crippen molar-refractivity contribution in [1.82, 2.24) is 24.2 Å². The number of nitrogens with zero attached hydrogens (tertiary/aromatic N) is 5. The minimum Gasteiger partial charge on any atom is -0.481 e. The number of carbonyl (C=O) groups is 2. The average Bonchev–Trinajstić information content (AvgIpc) is 3.79. The predicted molar refractivity (Wildman–Crippen MR) is 202 cm³/mol. The number of amides is 2. The van der Waals surface area contributed by atoms with Gasteiger partial charge in [0, 0.05) is 48.2 Å². The Hall–Kier alpha value is -4.22.